The van der Waals surface area contributed by atoms with Crippen LogP contribution < -0.4 is 5.32 Å². The lowest BCUT2D eigenvalue weighted by molar-refractivity contribution is 0.0663. The van der Waals surface area contributed by atoms with Crippen LogP contribution in [0.25, 0.3) is 0 Å². The van der Waals surface area contributed by atoms with E-state index in [4.69, 9.17) is 16.3 Å². The van der Waals surface area contributed by atoms with Crippen molar-refractivity contribution in [2.75, 3.05) is 5.32 Å². The fourth-order valence-corrected chi connectivity index (χ4v) is 2.23. The van der Waals surface area contributed by atoms with E-state index < -0.39 is 5.60 Å². The Hall–Kier alpha value is -1.59. The molecule has 2 nitrogen and oxygen atoms in total. The van der Waals surface area contributed by atoms with E-state index in [0.717, 1.165) is 11.3 Å². The van der Waals surface area contributed by atoms with Gasteiger partial charge in [0.2, 0.25) is 0 Å². The molecule has 0 amide bonds. The smallest absolute Gasteiger partial charge is 0.195 e. The summed E-state index contributed by atoms with van der Waals surface area (Å²) in [5.74, 6) is 7.57. The Labute approximate surface area is 112 Å². The molecule has 1 aromatic carbocycles. The molecule has 1 aromatic rings. The minimum Gasteiger partial charge on any atom is -0.456 e. The first-order valence-corrected chi connectivity index (χ1v) is 6.42. The number of benzene rings is 1. The number of hydrogen-bond acceptors (Lipinski definition) is 2. The zero-order valence-electron chi connectivity index (χ0n) is 10.2. The summed E-state index contributed by atoms with van der Waals surface area (Å²) in [5.41, 5.74) is 1.27. The maximum atomic E-state index is 6.06. The molecule has 0 radical (unpaired) electrons. The molecule has 3 heteroatoms. The highest BCUT2D eigenvalue weighted by molar-refractivity contribution is 6.30. The first-order valence-electron chi connectivity index (χ1n) is 6.04. The van der Waals surface area contributed by atoms with Crippen LogP contribution in [0.5, 0.6) is 0 Å². The SMILES string of the molecule is C=C1Nc2ccc(Cl)cc2C(C)(C#CC2CC2)O1. The topological polar surface area (TPSA) is 21.3 Å². The third-order valence-electron chi connectivity index (χ3n) is 3.19. The molecular weight excluding hydrogens is 246 g/mol. The van der Waals surface area contributed by atoms with Crippen LogP contribution in [0.2, 0.25) is 5.02 Å². The summed E-state index contributed by atoms with van der Waals surface area (Å²) < 4.78 is 5.80. The zero-order chi connectivity index (χ0) is 12.8. The molecule has 1 aliphatic heterocycles. The molecule has 0 spiro atoms. The van der Waals surface area contributed by atoms with E-state index in [2.05, 4.69) is 23.7 Å². The minimum atomic E-state index is -0.662. The molecule has 0 bridgehead atoms. The first-order chi connectivity index (χ1) is 8.57. The number of anilines is 1. The average Bonchev–Trinajstić information content (AvgIpc) is 3.12. The van der Waals surface area contributed by atoms with Crippen LogP contribution in [0, 0.1) is 17.8 Å². The molecule has 1 saturated carbocycles. The molecule has 1 N–H and O–H groups in total. The Morgan fingerprint density at radius 1 is 1.50 bits per heavy atom. The molecule has 2 aliphatic rings. The number of ether oxygens (including phenoxy) is 1. The number of halogens is 1. The fourth-order valence-electron chi connectivity index (χ4n) is 2.06. The van der Waals surface area contributed by atoms with E-state index in [1.165, 1.54) is 12.8 Å². The van der Waals surface area contributed by atoms with E-state index >= 15 is 0 Å². The van der Waals surface area contributed by atoms with Gasteiger partial charge in [0.1, 0.15) is 0 Å². The molecule has 1 aliphatic carbocycles. The average molecular weight is 260 g/mol. The van der Waals surface area contributed by atoms with Crippen molar-refractivity contribution >= 4 is 17.3 Å². The Bertz CT molecular complexity index is 580. The molecule has 3 rings (SSSR count). The van der Waals surface area contributed by atoms with Crippen LogP contribution in [-0.2, 0) is 10.3 Å². The van der Waals surface area contributed by atoms with Gasteiger partial charge in [-0.1, -0.05) is 23.4 Å². The first kappa shape index (κ1) is 11.5. The fraction of sp³-hybridized carbons (Fsp3) is 0.333. The summed E-state index contributed by atoms with van der Waals surface area (Å²) in [5, 5.41) is 3.79. The quantitative estimate of drug-likeness (QED) is 0.714. The Kier molecular flexibility index (Phi) is 2.53. The second kappa shape index (κ2) is 3.96. The van der Waals surface area contributed by atoms with Gasteiger partial charge >= 0.3 is 0 Å². The highest BCUT2D eigenvalue weighted by Gasteiger charge is 2.34. The second-order valence-corrected chi connectivity index (χ2v) is 5.35. The Morgan fingerprint density at radius 2 is 2.28 bits per heavy atom. The second-order valence-electron chi connectivity index (χ2n) is 4.92. The number of hydrogen-bond donors (Lipinski definition) is 1. The largest absolute Gasteiger partial charge is 0.456 e. The minimum absolute atomic E-state index is 0.525. The monoisotopic (exact) mass is 259 g/mol. The molecule has 18 heavy (non-hydrogen) atoms. The van der Waals surface area contributed by atoms with Gasteiger partial charge in [0.05, 0.1) is 0 Å². The highest BCUT2D eigenvalue weighted by atomic mass is 35.5. The summed E-state index contributed by atoms with van der Waals surface area (Å²) in [4.78, 5) is 0. The van der Waals surface area contributed by atoms with Gasteiger partial charge in [0.25, 0.3) is 0 Å². The van der Waals surface area contributed by atoms with Crippen molar-refractivity contribution in [3.8, 4) is 11.8 Å². The Balaban J connectivity index is 2.07. The van der Waals surface area contributed by atoms with Crippen molar-refractivity contribution in [3.05, 3.63) is 41.2 Å². The lowest BCUT2D eigenvalue weighted by atomic mass is 9.93. The molecule has 92 valence electrons. The molecule has 0 saturated heterocycles. The van der Waals surface area contributed by atoms with Crippen LogP contribution in [-0.4, -0.2) is 0 Å². The predicted octanol–water partition coefficient (Wildman–Crippen LogP) is 3.88. The number of nitrogens with one attached hydrogen (secondary N) is 1. The van der Waals surface area contributed by atoms with Gasteiger partial charge in [-0.2, -0.15) is 0 Å². The maximum absolute atomic E-state index is 6.06. The van der Waals surface area contributed by atoms with E-state index in [-0.39, 0.29) is 0 Å². The molecule has 1 atom stereocenters. The van der Waals surface area contributed by atoms with Crippen molar-refractivity contribution in [1.29, 1.82) is 0 Å². The van der Waals surface area contributed by atoms with Gasteiger partial charge in [0.15, 0.2) is 11.5 Å². The highest BCUT2D eigenvalue weighted by Crippen LogP contribution is 2.39. The molecule has 1 unspecified atom stereocenters. The summed E-state index contributed by atoms with van der Waals surface area (Å²) in [7, 11) is 0. The molecule has 0 aromatic heterocycles. The molecule has 1 heterocycles. The van der Waals surface area contributed by atoms with Crippen molar-refractivity contribution in [2.45, 2.75) is 25.4 Å². The lowest BCUT2D eigenvalue weighted by Gasteiger charge is -2.34. The molecule has 1 fully saturated rings. The summed E-state index contributed by atoms with van der Waals surface area (Å²) in [6.45, 7) is 5.80. The Morgan fingerprint density at radius 3 is 3.00 bits per heavy atom. The van der Waals surface area contributed by atoms with E-state index in [1.807, 2.05) is 25.1 Å². The van der Waals surface area contributed by atoms with Crippen LogP contribution in [0.3, 0.4) is 0 Å². The van der Waals surface area contributed by atoms with E-state index in [9.17, 15) is 0 Å². The van der Waals surface area contributed by atoms with E-state index in [0.29, 0.717) is 16.8 Å². The zero-order valence-corrected chi connectivity index (χ0v) is 11.0. The van der Waals surface area contributed by atoms with Gasteiger partial charge < -0.3 is 10.1 Å². The van der Waals surface area contributed by atoms with Crippen LogP contribution in [0.1, 0.15) is 25.3 Å². The molecular formula is C15H14ClNO. The summed E-state index contributed by atoms with van der Waals surface area (Å²) >= 11 is 6.06. The van der Waals surface area contributed by atoms with Gasteiger partial charge in [-0.05, 0) is 44.5 Å². The van der Waals surface area contributed by atoms with Gasteiger partial charge in [0, 0.05) is 22.2 Å². The van der Waals surface area contributed by atoms with Gasteiger partial charge in [-0.3, -0.25) is 0 Å². The standard InChI is InChI=1S/C15H14ClNO/c1-10-17-14-6-5-12(16)9-13(14)15(2,18-10)8-7-11-3-4-11/h5-6,9,11,17H,1,3-4H2,2H3. The van der Waals surface area contributed by atoms with Crippen molar-refractivity contribution in [3.63, 3.8) is 0 Å². The number of rotatable bonds is 0. The van der Waals surface area contributed by atoms with Crippen LogP contribution in [0.15, 0.2) is 30.7 Å². The normalized spacial score (nSPS) is 25.3. The summed E-state index contributed by atoms with van der Waals surface area (Å²) in [6, 6.07) is 5.68. The predicted molar refractivity (Wildman–Crippen MR) is 73.2 cm³/mol. The lowest BCUT2D eigenvalue weighted by Crippen LogP contribution is -2.31. The van der Waals surface area contributed by atoms with Crippen molar-refractivity contribution in [2.24, 2.45) is 5.92 Å². The van der Waals surface area contributed by atoms with Gasteiger partial charge in [-0.25, -0.2) is 0 Å². The third-order valence-corrected chi connectivity index (χ3v) is 3.42. The van der Waals surface area contributed by atoms with Crippen molar-refractivity contribution in [1.82, 2.24) is 0 Å². The van der Waals surface area contributed by atoms with Crippen molar-refractivity contribution < 1.29 is 4.74 Å². The summed E-state index contributed by atoms with van der Waals surface area (Å²) in [6.07, 6.45) is 2.40. The van der Waals surface area contributed by atoms with Gasteiger partial charge in [-0.15, -0.1) is 0 Å². The van der Waals surface area contributed by atoms with Crippen LogP contribution >= 0.6 is 11.6 Å². The number of fused-ring (bicyclic) bond motifs is 1. The maximum Gasteiger partial charge on any atom is 0.195 e. The third kappa shape index (κ3) is 2.07. The van der Waals surface area contributed by atoms with E-state index in [1.54, 1.807) is 0 Å². The van der Waals surface area contributed by atoms with Crippen LogP contribution in [0.4, 0.5) is 5.69 Å².